The van der Waals surface area contributed by atoms with Crippen molar-refractivity contribution in [3.05, 3.63) is 41.6 Å². The maximum absolute atomic E-state index is 13.1. The Hall–Kier alpha value is -2.41. The SMILES string of the molecule is COc1ncccc1C(=O)N1Cc2ncn(C)c2[C@@H](COCC2CC2)C1. The molecule has 1 aliphatic carbocycles. The number of methoxy groups -OCH3 is 1. The zero-order valence-electron chi connectivity index (χ0n) is 15.2. The van der Waals surface area contributed by atoms with E-state index in [0.29, 0.717) is 31.1 Å². The lowest BCUT2D eigenvalue weighted by molar-refractivity contribution is 0.0615. The summed E-state index contributed by atoms with van der Waals surface area (Å²) in [6.45, 7) is 2.52. The summed E-state index contributed by atoms with van der Waals surface area (Å²) >= 11 is 0. The molecule has 1 atom stereocenters. The summed E-state index contributed by atoms with van der Waals surface area (Å²) in [5.74, 6) is 1.11. The number of aromatic nitrogens is 3. The minimum Gasteiger partial charge on any atom is -0.480 e. The Labute approximate surface area is 152 Å². The van der Waals surface area contributed by atoms with Crippen molar-refractivity contribution in [1.29, 1.82) is 0 Å². The van der Waals surface area contributed by atoms with E-state index in [2.05, 4.69) is 9.97 Å². The molecule has 0 unspecified atom stereocenters. The Bertz CT molecular complexity index is 800. The van der Waals surface area contributed by atoms with Crippen LogP contribution in [-0.4, -0.2) is 52.2 Å². The lowest BCUT2D eigenvalue weighted by Gasteiger charge is -2.33. The molecule has 0 bridgehead atoms. The quantitative estimate of drug-likeness (QED) is 0.792. The van der Waals surface area contributed by atoms with Crippen molar-refractivity contribution in [1.82, 2.24) is 19.4 Å². The van der Waals surface area contributed by atoms with Crippen LogP contribution in [0.5, 0.6) is 5.88 Å². The topological polar surface area (TPSA) is 69.5 Å². The number of carbonyl (C=O) groups excluding carboxylic acids is 1. The second-order valence-corrected chi connectivity index (χ2v) is 7.11. The predicted molar refractivity (Wildman–Crippen MR) is 95.0 cm³/mol. The van der Waals surface area contributed by atoms with Crippen LogP contribution < -0.4 is 4.74 Å². The standard InChI is InChI=1S/C19H24N4O3/c1-22-12-21-16-9-23(19(24)15-4-3-7-20-18(15)25-2)8-14(17(16)22)11-26-10-13-5-6-13/h3-4,7,12-14H,5-6,8-11H2,1-2H3/t14-/m1/s1. The summed E-state index contributed by atoms with van der Waals surface area (Å²) in [6, 6.07) is 3.50. The number of ether oxygens (including phenoxy) is 2. The molecule has 0 N–H and O–H groups in total. The van der Waals surface area contributed by atoms with Crippen molar-refractivity contribution in [3.8, 4) is 5.88 Å². The molecule has 0 spiro atoms. The van der Waals surface area contributed by atoms with E-state index >= 15 is 0 Å². The highest BCUT2D eigenvalue weighted by molar-refractivity contribution is 5.96. The number of hydrogen-bond donors (Lipinski definition) is 0. The van der Waals surface area contributed by atoms with Gasteiger partial charge in [-0.3, -0.25) is 4.79 Å². The Kier molecular flexibility index (Phi) is 4.63. The van der Waals surface area contributed by atoms with Gasteiger partial charge in [0.15, 0.2) is 0 Å². The van der Waals surface area contributed by atoms with Gasteiger partial charge in [0, 0.05) is 38.0 Å². The zero-order chi connectivity index (χ0) is 18.1. The van der Waals surface area contributed by atoms with Crippen LogP contribution in [0.1, 0.15) is 40.5 Å². The Morgan fingerprint density at radius 1 is 1.31 bits per heavy atom. The van der Waals surface area contributed by atoms with Gasteiger partial charge in [-0.25, -0.2) is 9.97 Å². The molecule has 3 heterocycles. The number of hydrogen-bond acceptors (Lipinski definition) is 5. The Morgan fingerprint density at radius 2 is 2.15 bits per heavy atom. The molecule has 1 fully saturated rings. The van der Waals surface area contributed by atoms with Crippen molar-refractivity contribution in [2.75, 3.05) is 26.9 Å². The molecule has 26 heavy (non-hydrogen) atoms. The van der Waals surface area contributed by atoms with Crippen LogP contribution in [0.2, 0.25) is 0 Å². The first kappa shape index (κ1) is 17.0. The molecule has 4 rings (SSSR count). The fourth-order valence-electron chi connectivity index (χ4n) is 3.57. The van der Waals surface area contributed by atoms with Crippen LogP contribution >= 0.6 is 0 Å². The van der Waals surface area contributed by atoms with Gasteiger partial charge in [0.1, 0.15) is 5.56 Å². The number of aryl methyl sites for hydroxylation is 1. The third kappa shape index (κ3) is 3.31. The van der Waals surface area contributed by atoms with Crippen LogP contribution in [0.4, 0.5) is 0 Å². The summed E-state index contributed by atoms with van der Waals surface area (Å²) in [5.41, 5.74) is 2.59. The van der Waals surface area contributed by atoms with Gasteiger partial charge in [-0.15, -0.1) is 0 Å². The number of nitrogens with zero attached hydrogens (tertiary/aromatic N) is 4. The molecule has 1 saturated carbocycles. The maximum Gasteiger partial charge on any atom is 0.259 e. The van der Waals surface area contributed by atoms with Crippen LogP contribution in [0, 0.1) is 5.92 Å². The summed E-state index contributed by atoms with van der Waals surface area (Å²) in [5, 5.41) is 0. The first-order chi connectivity index (χ1) is 12.7. The lowest BCUT2D eigenvalue weighted by atomic mass is 9.98. The molecule has 1 amide bonds. The van der Waals surface area contributed by atoms with Gasteiger partial charge in [0.25, 0.3) is 5.91 Å². The summed E-state index contributed by atoms with van der Waals surface area (Å²) in [6.07, 6.45) is 5.98. The molecule has 2 aromatic rings. The van der Waals surface area contributed by atoms with E-state index in [1.807, 2.05) is 22.8 Å². The van der Waals surface area contributed by atoms with Crippen molar-refractivity contribution in [2.45, 2.75) is 25.3 Å². The number of fused-ring (bicyclic) bond motifs is 1. The van der Waals surface area contributed by atoms with Crippen molar-refractivity contribution >= 4 is 5.91 Å². The Balaban J connectivity index is 1.54. The Morgan fingerprint density at radius 3 is 2.92 bits per heavy atom. The van der Waals surface area contributed by atoms with Gasteiger partial charge in [-0.05, 0) is 30.9 Å². The van der Waals surface area contributed by atoms with E-state index in [1.165, 1.54) is 25.6 Å². The van der Waals surface area contributed by atoms with Crippen molar-refractivity contribution in [3.63, 3.8) is 0 Å². The molecule has 0 radical (unpaired) electrons. The van der Waals surface area contributed by atoms with E-state index < -0.39 is 0 Å². The zero-order valence-corrected chi connectivity index (χ0v) is 15.2. The molecule has 2 aliphatic rings. The van der Waals surface area contributed by atoms with Crippen LogP contribution in [0.15, 0.2) is 24.7 Å². The maximum atomic E-state index is 13.1. The molecule has 2 aromatic heterocycles. The average molecular weight is 356 g/mol. The summed E-state index contributed by atoms with van der Waals surface area (Å²) in [4.78, 5) is 23.5. The molecule has 138 valence electrons. The van der Waals surface area contributed by atoms with Gasteiger partial charge < -0.3 is 18.9 Å². The van der Waals surface area contributed by atoms with Crippen LogP contribution in [-0.2, 0) is 18.3 Å². The lowest BCUT2D eigenvalue weighted by Crippen LogP contribution is -2.40. The van der Waals surface area contributed by atoms with E-state index in [-0.39, 0.29) is 11.8 Å². The highest BCUT2D eigenvalue weighted by Gasteiger charge is 2.33. The molecule has 7 nitrogen and oxygen atoms in total. The number of amides is 1. The molecular formula is C19H24N4O3. The molecular weight excluding hydrogens is 332 g/mol. The fraction of sp³-hybridized carbons (Fsp3) is 0.526. The van der Waals surface area contributed by atoms with Crippen LogP contribution in [0.25, 0.3) is 0 Å². The molecule has 0 aromatic carbocycles. The second kappa shape index (κ2) is 7.07. The molecule has 7 heteroatoms. The van der Waals surface area contributed by atoms with E-state index in [9.17, 15) is 4.79 Å². The number of pyridine rings is 1. The smallest absolute Gasteiger partial charge is 0.259 e. The number of rotatable bonds is 6. The van der Waals surface area contributed by atoms with E-state index in [0.717, 1.165) is 18.2 Å². The van der Waals surface area contributed by atoms with Gasteiger partial charge >= 0.3 is 0 Å². The largest absolute Gasteiger partial charge is 0.480 e. The average Bonchev–Trinajstić information content (AvgIpc) is 3.42. The first-order valence-electron chi connectivity index (χ1n) is 9.03. The first-order valence-corrected chi connectivity index (χ1v) is 9.03. The van der Waals surface area contributed by atoms with Gasteiger partial charge in [-0.2, -0.15) is 0 Å². The minimum atomic E-state index is -0.0848. The van der Waals surface area contributed by atoms with Crippen molar-refractivity contribution in [2.24, 2.45) is 13.0 Å². The highest BCUT2D eigenvalue weighted by Crippen LogP contribution is 2.32. The van der Waals surface area contributed by atoms with Gasteiger partial charge in [-0.1, -0.05) is 0 Å². The monoisotopic (exact) mass is 356 g/mol. The molecule has 0 saturated heterocycles. The predicted octanol–water partition coefficient (Wildman–Crippen LogP) is 1.99. The highest BCUT2D eigenvalue weighted by atomic mass is 16.5. The summed E-state index contributed by atoms with van der Waals surface area (Å²) < 4.78 is 13.2. The third-order valence-corrected chi connectivity index (χ3v) is 5.08. The molecule has 1 aliphatic heterocycles. The minimum absolute atomic E-state index is 0.0848. The van der Waals surface area contributed by atoms with Gasteiger partial charge in [0.05, 0.1) is 32.3 Å². The summed E-state index contributed by atoms with van der Waals surface area (Å²) in [7, 11) is 3.53. The van der Waals surface area contributed by atoms with Gasteiger partial charge in [0.2, 0.25) is 5.88 Å². The second-order valence-electron chi connectivity index (χ2n) is 7.11. The fourth-order valence-corrected chi connectivity index (χ4v) is 3.57. The number of carbonyl (C=O) groups is 1. The normalized spacial score (nSPS) is 19.3. The third-order valence-electron chi connectivity index (χ3n) is 5.08. The van der Waals surface area contributed by atoms with E-state index in [1.54, 1.807) is 18.3 Å². The van der Waals surface area contributed by atoms with Crippen LogP contribution in [0.3, 0.4) is 0 Å². The van der Waals surface area contributed by atoms with Crippen molar-refractivity contribution < 1.29 is 14.3 Å². The number of imidazole rings is 1. The van der Waals surface area contributed by atoms with E-state index in [4.69, 9.17) is 9.47 Å².